The Morgan fingerprint density at radius 3 is 3.05 bits per heavy atom. The van der Waals surface area contributed by atoms with Gasteiger partial charge in [-0.15, -0.1) is 0 Å². The maximum Gasteiger partial charge on any atom is 0.208 e. The molecule has 0 aliphatic carbocycles. The molecule has 0 aliphatic heterocycles. The van der Waals surface area contributed by atoms with Gasteiger partial charge in [0.25, 0.3) is 0 Å². The van der Waals surface area contributed by atoms with Crippen molar-refractivity contribution in [3.05, 3.63) is 39.8 Å². The molecule has 102 valence electrons. The predicted octanol–water partition coefficient (Wildman–Crippen LogP) is 3.49. The van der Waals surface area contributed by atoms with Crippen LogP contribution in [-0.4, -0.2) is 25.2 Å². The number of rotatable bonds is 6. The van der Waals surface area contributed by atoms with Gasteiger partial charge in [0.1, 0.15) is 0 Å². The third kappa shape index (κ3) is 4.04. The Morgan fingerprint density at radius 1 is 1.47 bits per heavy atom. The molecule has 6 heteroatoms. The lowest BCUT2D eigenvalue weighted by Gasteiger charge is -2.02. The molecule has 0 fully saturated rings. The Morgan fingerprint density at radius 2 is 2.32 bits per heavy atom. The average Bonchev–Trinajstić information content (AvgIpc) is 2.83. The van der Waals surface area contributed by atoms with Gasteiger partial charge >= 0.3 is 0 Å². The molecule has 2 aromatic rings. The lowest BCUT2D eigenvalue weighted by atomic mass is 10.2. The van der Waals surface area contributed by atoms with Crippen molar-refractivity contribution in [1.82, 2.24) is 10.3 Å². The van der Waals surface area contributed by atoms with Crippen LogP contribution in [0, 0.1) is 0 Å². The SMILES string of the molecule is COCCNCc1ncc(-c2ccc(Cl)cc2Br)o1. The van der Waals surface area contributed by atoms with E-state index >= 15 is 0 Å². The quantitative estimate of drug-likeness (QED) is 0.814. The van der Waals surface area contributed by atoms with E-state index in [1.165, 1.54) is 0 Å². The first-order valence-corrected chi connectivity index (χ1v) is 6.97. The number of oxazole rings is 1. The van der Waals surface area contributed by atoms with Gasteiger partial charge in [0, 0.05) is 28.7 Å². The van der Waals surface area contributed by atoms with Crippen LogP contribution in [0.25, 0.3) is 11.3 Å². The molecule has 0 aliphatic rings. The van der Waals surface area contributed by atoms with E-state index < -0.39 is 0 Å². The number of hydrogen-bond acceptors (Lipinski definition) is 4. The minimum Gasteiger partial charge on any atom is -0.439 e. The van der Waals surface area contributed by atoms with Crippen molar-refractivity contribution in [2.45, 2.75) is 6.54 Å². The van der Waals surface area contributed by atoms with Crippen molar-refractivity contribution in [2.75, 3.05) is 20.3 Å². The van der Waals surface area contributed by atoms with Crippen molar-refractivity contribution in [3.8, 4) is 11.3 Å². The maximum atomic E-state index is 5.91. The highest BCUT2D eigenvalue weighted by atomic mass is 79.9. The zero-order valence-electron chi connectivity index (χ0n) is 10.5. The zero-order valence-corrected chi connectivity index (χ0v) is 12.8. The number of methoxy groups -OCH3 is 1. The molecular formula is C13H14BrClN2O2. The van der Waals surface area contributed by atoms with Gasteiger partial charge in [0.2, 0.25) is 5.89 Å². The number of benzene rings is 1. The van der Waals surface area contributed by atoms with Crippen LogP contribution in [0.2, 0.25) is 5.02 Å². The van der Waals surface area contributed by atoms with E-state index in [0.717, 1.165) is 16.6 Å². The number of nitrogens with one attached hydrogen (secondary N) is 1. The van der Waals surface area contributed by atoms with Gasteiger partial charge in [0.15, 0.2) is 5.76 Å². The highest BCUT2D eigenvalue weighted by Crippen LogP contribution is 2.30. The molecule has 0 saturated carbocycles. The molecule has 1 aromatic heterocycles. The predicted molar refractivity (Wildman–Crippen MR) is 78.2 cm³/mol. The molecule has 0 unspecified atom stereocenters. The van der Waals surface area contributed by atoms with Gasteiger partial charge in [-0.05, 0) is 34.1 Å². The monoisotopic (exact) mass is 344 g/mol. The Kier molecular flexibility index (Phi) is 5.39. The van der Waals surface area contributed by atoms with Crippen molar-refractivity contribution >= 4 is 27.5 Å². The summed E-state index contributed by atoms with van der Waals surface area (Å²) < 4.78 is 11.5. The van der Waals surface area contributed by atoms with E-state index in [9.17, 15) is 0 Å². The van der Waals surface area contributed by atoms with Crippen molar-refractivity contribution in [3.63, 3.8) is 0 Å². The first-order chi connectivity index (χ1) is 9.20. The molecule has 1 heterocycles. The van der Waals surface area contributed by atoms with Gasteiger partial charge in [-0.1, -0.05) is 11.6 Å². The molecule has 2 rings (SSSR count). The fourth-order valence-corrected chi connectivity index (χ4v) is 2.45. The minimum atomic E-state index is 0.578. The fraction of sp³-hybridized carbons (Fsp3) is 0.308. The Hall–Kier alpha value is -0.880. The molecule has 0 bridgehead atoms. The van der Waals surface area contributed by atoms with E-state index in [0.29, 0.717) is 29.8 Å². The van der Waals surface area contributed by atoms with Crippen LogP contribution in [0.15, 0.2) is 33.3 Å². The fourth-order valence-electron chi connectivity index (χ4n) is 1.58. The van der Waals surface area contributed by atoms with Gasteiger partial charge in [0.05, 0.1) is 19.3 Å². The number of ether oxygens (including phenoxy) is 1. The van der Waals surface area contributed by atoms with Crippen molar-refractivity contribution in [1.29, 1.82) is 0 Å². The van der Waals surface area contributed by atoms with E-state index in [2.05, 4.69) is 26.2 Å². The lowest BCUT2D eigenvalue weighted by Crippen LogP contribution is -2.18. The van der Waals surface area contributed by atoms with Gasteiger partial charge < -0.3 is 14.5 Å². The van der Waals surface area contributed by atoms with Crippen molar-refractivity contribution in [2.24, 2.45) is 0 Å². The number of hydrogen-bond donors (Lipinski definition) is 1. The van der Waals surface area contributed by atoms with Gasteiger partial charge in [-0.2, -0.15) is 0 Å². The average molecular weight is 346 g/mol. The molecule has 0 saturated heterocycles. The molecule has 1 N–H and O–H groups in total. The van der Waals surface area contributed by atoms with Crippen LogP contribution in [0.1, 0.15) is 5.89 Å². The zero-order chi connectivity index (χ0) is 13.7. The van der Waals surface area contributed by atoms with Crippen molar-refractivity contribution < 1.29 is 9.15 Å². The Bertz CT molecular complexity index is 545. The van der Waals surface area contributed by atoms with Crippen LogP contribution >= 0.6 is 27.5 Å². The molecule has 0 spiro atoms. The standard InChI is InChI=1S/C13H14BrClN2O2/c1-18-5-4-16-8-13-17-7-12(19-13)10-3-2-9(15)6-11(10)14/h2-3,6-7,16H,4-5,8H2,1H3. The summed E-state index contributed by atoms with van der Waals surface area (Å²) >= 11 is 9.37. The number of halogens is 2. The summed E-state index contributed by atoms with van der Waals surface area (Å²) in [5.41, 5.74) is 0.931. The molecule has 4 nitrogen and oxygen atoms in total. The van der Waals surface area contributed by atoms with E-state index in [1.54, 1.807) is 13.3 Å². The third-order valence-electron chi connectivity index (χ3n) is 2.51. The van der Waals surface area contributed by atoms with Crippen LogP contribution in [0.5, 0.6) is 0 Å². The molecule has 0 radical (unpaired) electrons. The van der Waals surface area contributed by atoms with Crippen LogP contribution in [0.3, 0.4) is 0 Å². The smallest absolute Gasteiger partial charge is 0.208 e. The second kappa shape index (κ2) is 7.05. The summed E-state index contributed by atoms with van der Waals surface area (Å²) in [4.78, 5) is 4.23. The van der Waals surface area contributed by atoms with E-state index in [1.807, 2.05) is 18.2 Å². The Labute approximate surface area is 125 Å². The molecule has 0 atom stereocenters. The number of nitrogens with zero attached hydrogens (tertiary/aromatic N) is 1. The highest BCUT2D eigenvalue weighted by molar-refractivity contribution is 9.10. The first-order valence-electron chi connectivity index (χ1n) is 5.80. The topological polar surface area (TPSA) is 47.3 Å². The highest BCUT2D eigenvalue weighted by Gasteiger charge is 2.09. The first kappa shape index (κ1) is 14.5. The molecular weight excluding hydrogens is 332 g/mol. The third-order valence-corrected chi connectivity index (χ3v) is 3.40. The van der Waals surface area contributed by atoms with Crippen LogP contribution < -0.4 is 5.32 Å². The van der Waals surface area contributed by atoms with E-state index in [4.69, 9.17) is 20.8 Å². The summed E-state index contributed by atoms with van der Waals surface area (Å²) in [7, 11) is 1.67. The summed E-state index contributed by atoms with van der Waals surface area (Å²) in [5, 5.41) is 3.85. The van der Waals surface area contributed by atoms with Crippen LogP contribution in [0.4, 0.5) is 0 Å². The molecule has 19 heavy (non-hydrogen) atoms. The van der Waals surface area contributed by atoms with E-state index in [-0.39, 0.29) is 0 Å². The van der Waals surface area contributed by atoms with Gasteiger partial charge in [-0.3, -0.25) is 0 Å². The van der Waals surface area contributed by atoms with Crippen LogP contribution in [-0.2, 0) is 11.3 Å². The minimum absolute atomic E-state index is 0.578. The Balaban J connectivity index is 2.04. The summed E-state index contributed by atoms with van der Waals surface area (Å²) in [5.74, 6) is 1.36. The van der Waals surface area contributed by atoms with Gasteiger partial charge in [-0.25, -0.2) is 4.98 Å². The molecule has 1 aromatic carbocycles. The lowest BCUT2D eigenvalue weighted by molar-refractivity contribution is 0.198. The second-order valence-corrected chi connectivity index (χ2v) is 5.20. The summed E-state index contributed by atoms with van der Waals surface area (Å²) in [6.45, 7) is 2.00. The largest absolute Gasteiger partial charge is 0.439 e. The summed E-state index contributed by atoms with van der Waals surface area (Å²) in [6, 6.07) is 5.55. The summed E-state index contributed by atoms with van der Waals surface area (Å²) in [6.07, 6.45) is 1.71. The normalized spacial score (nSPS) is 10.9. The number of aromatic nitrogens is 1. The molecule has 0 amide bonds. The second-order valence-electron chi connectivity index (χ2n) is 3.91. The maximum absolute atomic E-state index is 5.91.